The van der Waals surface area contributed by atoms with Gasteiger partial charge < -0.3 is 0 Å². The Kier molecular flexibility index (Phi) is 4.61. The van der Waals surface area contributed by atoms with Crippen LogP contribution in [0.2, 0.25) is 0 Å². The van der Waals surface area contributed by atoms with Crippen LogP contribution in [0.15, 0.2) is 59.1 Å². The van der Waals surface area contributed by atoms with Gasteiger partial charge in [-0.25, -0.2) is 0 Å². The molecule has 0 heterocycles. The Morgan fingerprint density at radius 3 is 2.42 bits per heavy atom. The van der Waals surface area contributed by atoms with E-state index >= 15 is 0 Å². The fourth-order valence-corrected chi connectivity index (χ4v) is 2.67. The van der Waals surface area contributed by atoms with Crippen molar-refractivity contribution in [3.63, 3.8) is 0 Å². The Hall–Kier alpha value is -1.32. The monoisotopic (exact) mass is 337 g/mol. The van der Waals surface area contributed by atoms with E-state index in [2.05, 4.69) is 15.9 Å². The van der Waals surface area contributed by atoms with Crippen molar-refractivity contribution in [1.29, 1.82) is 0 Å². The van der Waals surface area contributed by atoms with E-state index in [1.807, 2.05) is 54.6 Å². The summed E-state index contributed by atoms with van der Waals surface area (Å²) in [6.07, 6.45) is 0. The van der Waals surface area contributed by atoms with Crippen LogP contribution in [0.1, 0.15) is 18.0 Å². The van der Waals surface area contributed by atoms with Gasteiger partial charge in [0.25, 0.3) is 0 Å². The summed E-state index contributed by atoms with van der Waals surface area (Å²) in [5.41, 5.74) is 1.13. The van der Waals surface area contributed by atoms with Crippen molar-refractivity contribution in [1.82, 2.24) is 0 Å². The lowest BCUT2D eigenvalue weighted by atomic mass is 10.2. The standard InChI is InChI=1S/C15H13BrClNO/c1-11(19)18(14-8-3-2-4-9-14)15(17)12-6-5-7-13(16)10-12/h2-10,15H,1H3. The molecule has 0 N–H and O–H groups in total. The van der Waals surface area contributed by atoms with E-state index in [4.69, 9.17) is 11.6 Å². The summed E-state index contributed by atoms with van der Waals surface area (Å²) in [7, 11) is 0. The van der Waals surface area contributed by atoms with Gasteiger partial charge >= 0.3 is 0 Å². The molecule has 0 radical (unpaired) electrons. The molecule has 1 unspecified atom stereocenters. The summed E-state index contributed by atoms with van der Waals surface area (Å²) in [5, 5.41) is 0. The Bertz CT molecular complexity index is 573. The summed E-state index contributed by atoms with van der Waals surface area (Å²) in [6.45, 7) is 1.51. The van der Waals surface area contributed by atoms with E-state index in [1.165, 1.54) is 6.92 Å². The maximum absolute atomic E-state index is 11.9. The highest BCUT2D eigenvalue weighted by molar-refractivity contribution is 9.10. The molecule has 19 heavy (non-hydrogen) atoms. The first-order valence-corrected chi connectivity index (χ1v) is 7.07. The SMILES string of the molecule is CC(=O)N(c1ccccc1)C(Cl)c1cccc(Br)c1. The molecule has 0 aliphatic heterocycles. The van der Waals surface area contributed by atoms with Crippen LogP contribution in [0, 0.1) is 0 Å². The van der Waals surface area contributed by atoms with E-state index in [1.54, 1.807) is 4.90 Å². The first-order chi connectivity index (χ1) is 9.09. The highest BCUT2D eigenvalue weighted by atomic mass is 79.9. The minimum Gasteiger partial charge on any atom is -0.292 e. The summed E-state index contributed by atoms with van der Waals surface area (Å²) in [4.78, 5) is 13.4. The lowest BCUT2D eigenvalue weighted by Crippen LogP contribution is -2.30. The van der Waals surface area contributed by atoms with E-state index in [0.29, 0.717) is 0 Å². The topological polar surface area (TPSA) is 20.3 Å². The Morgan fingerprint density at radius 1 is 1.16 bits per heavy atom. The van der Waals surface area contributed by atoms with Gasteiger partial charge in [0.2, 0.25) is 5.91 Å². The zero-order chi connectivity index (χ0) is 13.8. The minimum absolute atomic E-state index is 0.0915. The van der Waals surface area contributed by atoms with Gasteiger partial charge in [-0.15, -0.1) is 0 Å². The summed E-state index contributed by atoms with van der Waals surface area (Å²) < 4.78 is 0.937. The van der Waals surface area contributed by atoms with E-state index < -0.39 is 5.50 Å². The number of hydrogen-bond acceptors (Lipinski definition) is 1. The third-order valence-corrected chi connectivity index (χ3v) is 3.66. The average molecular weight is 339 g/mol. The zero-order valence-electron chi connectivity index (χ0n) is 10.4. The molecule has 2 aromatic rings. The minimum atomic E-state index is -0.530. The molecule has 0 fully saturated rings. The van der Waals surface area contributed by atoms with E-state index in [-0.39, 0.29) is 5.91 Å². The number of carbonyl (C=O) groups excluding carboxylic acids is 1. The third-order valence-electron chi connectivity index (χ3n) is 2.72. The maximum atomic E-state index is 11.9. The molecule has 0 aliphatic rings. The van der Waals surface area contributed by atoms with Gasteiger partial charge in [-0.2, -0.15) is 0 Å². The highest BCUT2D eigenvalue weighted by Crippen LogP contribution is 2.31. The molecule has 4 heteroatoms. The molecule has 0 aliphatic carbocycles. The number of carbonyl (C=O) groups is 1. The lowest BCUT2D eigenvalue weighted by Gasteiger charge is -2.27. The summed E-state index contributed by atoms with van der Waals surface area (Å²) >= 11 is 9.87. The van der Waals surface area contributed by atoms with Crippen LogP contribution in [0.25, 0.3) is 0 Å². The average Bonchev–Trinajstić information content (AvgIpc) is 2.39. The molecule has 0 aromatic heterocycles. The second kappa shape index (κ2) is 6.22. The predicted molar refractivity (Wildman–Crippen MR) is 82.3 cm³/mol. The lowest BCUT2D eigenvalue weighted by molar-refractivity contribution is -0.116. The molecule has 1 amide bonds. The molecule has 1 atom stereocenters. The Labute approximate surface area is 126 Å². The van der Waals surface area contributed by atoms with Gasteiger partial charge in [-0.3, -0.25) is 9.69 Å². The highest BCUT2D eigenvalue weighted by Gasteiger charge is 2.22. The largest absolute Gasteiger partial charge is 0.292 e. The van der Waals surface area contributed by atoms with Gasteiger partial charge in [0.15, 0.2) is 0 Å². The first kappa shape index (κ1) is 14.1. The first-order valence-electron chi connectivity index (χ1n) is 5.84. The molecule has 2 aromatic carbocycles. The molecule has 2 nitrogen and oxygen atoms in total. The number of rotatable bonds is 3. The number of benzene rings is 2. The van der Waals surface area contributed by atoms with Crippen LogP contribution in [0.5, 0.6) is 0 Å². The summed E-state index contributed by atoms with van der Waals surface area (Å²) in [5.74, 6) is -0.0915. The van der Waals surface area contributed by atoms with Crippen LogP contribution in [0.4, 0.5) is 5.69 Å². The molecule has 0 spiro atoms. The Balaban J connectivity index is 2.38. The Morgan fingerprint density at radius 2 is 1.84 bits per heavy atom. The van der Waals surface area contributed by atoms with Gasteiger partial charge in [-0.1, -0.05) is 57.9 Å². The number of hydrogen-bond donors (Lipinski definition) is 0. The normalized spacial score (nSPS) is 11.9. The number of anilines is 1. The predicted octanol–water partition coefficient (Wildman–Crippen LogP) is 4.74. The van der Waals surface area contributed by atoms with Crippen molar-refractivity contribution in [2.75, 3.05) is 4.90 Å². The van der Waals surface area contributed by atoms with Crippen LogP contribution < -0.4 is 4.90 Å². The number of halogens is 2. The smallest absolute Gasteiger partial charge is 0.225 e. The molecular weight excluding hydrogens is 326 g/mol. The fraction of sp³-hybridized carbons (Fsp3) is 0.133. The van der Waals surface area contributed by atoms with Crippen LogP contribution in [-0.4, -0.2) is 5.91 Å². The van der Waals surface area contributed by atoms with Gasteiger partial charge in [0, 0.05) is 17.1 Å². The van der Waals surface area contributed by atoms with Crippen LogP contribution in [-0.2, 0) is 4.79 Å². The van der Waals surface area contributed by atoms with Crippen molar-refractivity contribution < 1.29 is 4.79 Å². The molecule has 0 saturated carbocycles. The number of para-hydroxylation sites is 1. The molecule has 98 valence electrons. The third kappa shape index (κ3) is 3.37. The zero-order valence-corrected chi connectivity index (χ0v) is 12.7. The van der Waals surface area contributed by atoms with Gasteiger partial charge in [-0.05, 0) is 29.8 Å². The second-order valence-corrected chi connectivity index (χ2v) is 5.44. The molecular formula is C15H13BrClNO. The van der Waals surface area contributed by atoms with Crippen molar-refractivity contribution >= 4 is 39.1 Å². The number of amides is 1. The quantitative estimate of drug-likeness (QED) is 0.585. The van der Waals surface area contributed by atoms with Crippen molar-refractivity contribution in [3.05, 3.63) is 64.6 Å². The number of nitrogens with zero attached hydrogens (tertiary/aromatic N) is 1. The van der Waals surface area contributed by atoms with Crippen LogP contribution in [0.3, 0.4) is 0 Å². The van der Waals surface area contributed by atoms with Crippen LogP contribution >= 0.6 is 27.5 Å². The summed E-state index contributed by atoms with van der Waals surface area (Å²) in [6, 6.07) is 17.1. The maximum Gasteiger partial charge on any atom is 0.225 e. The van der Waals surface area contributed by atoms with E-state index in [0.717, 1.165) is 15.7 Å². The van der Waals surface area contributed by atoms with Gasteiger partial charge in [0.1, 0.15) is 5.50 Å². The fourth-order valence-electron chi connectivity index (χ4n) is 1.86. The van der Waals surface area contributed by atoms with Crippen molar-refractivity contribution in [3.8, 4) is 0 Å². The molecule has 0 saturated heterocycles. The number of alkyl halides is 1. The van der Waals surface area contributed by atoms with Crippen molar-refractivity contribution in [2.24, 2.45) is 0 Å². The van der Waals surface area contributed by atoms with Crippen molar-refractivity contribution in [2.45, 2.75) is 12.4 Å². The molecule has 2 rings (SSSR count). The second-order valence-electron chi connectivity index (χ2n) is 4.12. The van der Waals surface area contributed by atoms with E-state index in [9.17, 15) is 4.79 Å². The van der Waals surface area contributed by atoms with Gasteiger partial charge in [0.05, 0.1) is 0 Å². The molecule has 0 bridgehead atoms.